The highest BCUT2D eigenvalue weighted by molar-refractivity contribution is 7.94. The number of ether oxygens (including phenoxy) is 1. The average molecular weight is 397 g/mol. The van der Waals surface area contributed by atoms with Crippen molar-refractivity contribution in [3.05, 3.63) is 65.0 Å². The summed E-state index contributed by atoms with van der Waals surface area (Å²) in [6.45, 7) is 3.07. The van der Waals surface area contributed by atoms with E-state index in [9.17, 15) is 18.0 Å². The van der Waals surface area contributed by atoms with Gasteiger partial charge in [0.1, 0.15) is 11.6 Å². The molecule has 0 amide bonds. The van der Waals surface area contributed by atoms with Crippen LogP contribution in [0.25, 0.3) is 11.3 Å². The molecular formula is C18H14F3NO4S. The molecular weight excluding hydrogens is 383 g/mol. The van der Waals surface area contributed by atoms with Gasteiger partial charge in [-0.3, -0.25) is 4.79 Å². The summed E-state index contributed by atoms with van der Waals surface area (Å²) in [4.78, 5) is 16.8. The first-order chi connectivity index (χ1) is 12.7. The molecule has 0 aromatic heterocycles. The molecule has 0 saturated heterocycles. The number of Topliss-reactive ketones (excluding diaryl/α,β-unsaturated/α-hetero) is 1. The van der Waals surface area contributed by atoms with Gasteiger partial charge in [-0.15, -0.1) is 9.32 Å². The van der Waals surface area contributed by atoms with Crippen molar-refractivity contribution in [2.75, 3.05) is 0 Å². The summed E-state index contributed by atoms with van der Waals surface area (Å²) in [5.74, 6) is 1.54. The van der Waals surface area contributed by atoms with Crippen molar-refractivity contribution in [1.82, 2.24) is 0 Å². The number of hydrogen-bond donors (Lipinski definition) is 1. The van der Waals surface area contributed by atoms with Crippen LogP contribution in [0, 0.1) is 17.5 Å². The number of ketones is 1. The molecule has 0 bridgehead atoms. The first-order valence-corrected chi connectivity index (χ1v) is 8.42. The van der Waals surface area contributed by atoms with E-state index in [0.717, 1.165) is 18.2 Å². The van der Waals surface area contributed by atoms with Gasteiger partial charge in [-0.1, -0.05) is 6.07 Å². The van der Waals surface area contributed by atoms with Crippen LogP contribution in [0.5, 0.6) is 0 Å². The second-order valence-electron chi connectivity index (χ2n) is 6.17. The molecule has 0 saturated carbocycles. The Kier molecular flexibility index (Phi) is 5.29. The van der Waals surface area contributed by atoms with Gasteiger partial charge in [-0.2, -0.15) is 5.90 Å². The monoisotopic (exact) mass is 397 g/mol. The maximum absolute atomic E-state index is 14.3. The van der Waals surface area contributed by atoms with Gasteiger partial charge in [-0.25, -0.2) is 13.2 Å². The van der Waals surface area contributed by atoms with E-state index >= 15 is 0 Å². The standard InChI is InChI=1S/C18H14F3NO4S/c1-18(2)17(23)15(9-3-5-11(19)12(20)7-9)16(24-18)10-4-6-14(13(21)8-10)27-26-25-22/h3-8H,22H2,1-2H3. The van der Waals surface area contributed by atoms with E-state index in [1.165, 1.54) is 32.0 Å². The lowest BCUT2D eigenvalue weighted by atomic mass is 9.92. The van der Waals surface area contributed by atoms with Crippen molar-refractivity contribution < 1.29 is 32.0 Å². The minimum atomic E-state index is -1.24. The Morgan fingerprint density at radius 3 is 2.30 bits per heavy atom. The summed E-state index contributed by atoms with van der Waals surface area (Å²) in [6, 6.07) is 7.09. The molecule has 142 valence electrons. The van der Waals surface area contributed by atoms with Gasteiger partial charge in [0.15, 0.2) is 17.2 Å². The Labute approximate surface area is 157 Å². The predicted octanol–water partition coefficient (Wildman–Crippen LogP) is 4.18. The molecule has 9 heteroatoms. The fraction of sp³-hybridized carbons (Fsp3) is 0.167. The molecule has 0 aliphatic carbocycles. The molecule has 2 aromatic carbocycles. The summed E-state index contributed by atoms with van der Waals surface area (Å²) in [7, 11) is 0. The smallest absolute Gasteiger partial charge is 0.210 e. The number of rotatable bonds is 5. The summed E-state index contributed by atoms with van der Waals surface area (Å²) in [5, 5.41) is 0. The minimum Gasteiger partial charge on any atom is -0.478 e. The fourth-order valence-electron chi connectivity index (χ4n) is 2.64. The molecule has 1 aliphatic rings. The highest BCUT2D eigenvalue weighted by atomic mass is 32.2. The second-order valence-corrected chi connectivity index (χ2v) is 6.91. The van der Waals surface area contributed by atoms with E-state index in [1.54, 1.807) is 0 Å². The van der Waals surface area contributed by atoms with Gasteiger partial charge in [0, 0.05) is 5.56 Å². The van der Waals surface area contributed by atoms with Crippen molar-refractivity contribution in [1.29, 1.82) is 0 Å². The number of carbonyl (C=O) groups is 1. The van der Waals surface area contributed by atoms with Crippen LogP contribution in [0.2, 0.25) is 0 Å². The maximum atomic E-state index is 14.3. The topological polar surface area (TPSA) is 70.8 Å². The van der Waals surface area contributed by atoms with Gasteiger partial charge in [0.25, 0.3) is 0 Å². The lowest BCUT2D eigenvalue weighted by molar-refractivity contribution is -0.195. The third-order valence-electron chi connectivity index (χ3n) is 3.92. The van der Waals surface area contributed by atoms with Gasteiger partial charge < -0.3 is 4.74 Å². The molecule has 1 heterocycles. The van der Waals surface area contributed by atoms with E-state index in [1.807, 2.05) is 0 Å². The van der Waals surface area contributed by atoms with E-state index in [0.29, 0.717) is 12.0 Å². The maximum Gasteiger partial charge on any atom is 0.210 e. The molecule has 2 aromatic rings. The van der Waals surface area contributed by atoms with Crippen LogP contribution in [-0.4, -0.2) is 11.4 Å². The SMILES string of the molecule is CC1(C)OC(c2ccc(SOON)c(F)c2)=C(c2ccc(F)c(F)c2)C1=O. The van der Waals surface area contributed by atoms with E-state index < -0.39 is 28.8 Å². The molecule has 0 fully saturated rings. The van der Waals surface area contributed by atoms with Crippen LogP contribution in [0.3, 0.4) is 0 Å². The van der Waals surface area contributed by atoms with Gasteiger partial charge in [-0.05, 0) is 49.7 Å². The van der Waals surface area contributed by atoms with E-state index in [4.69, 9.17) is 10.6 Å². The Morgan fingerprint density at radius 1 is 1.00 bits per heavy atom. The Hall–Kier alpha value is -2.33. The van der Waals surface area contributed by atoms with Gasteiger partial charge in [0.2, 0.25) is 5.78 Å². The number of nitrogens with two attached hydrogens (primary N) is 1. The molecule has 0 unspecified atom stereocenters. The van der Waals surface area contributed by atoms with Gasteiger partial charge >= 0.3 is 0 Å². The highest BCUT2D eigenvalue weighted by Crippen LogP contribution is 2.42. The van der Waals surface area contributed by atoms with E-state index in [-0.39, 0.29) is 27.4 Å². The van der Waals surface area contributed by atoms with Crippen molar-refractivity contribution in [3.63, 3.8) is 0 Å². The minimum absolute atomic E-state index is 0.0419. The summed E-state index contributed by atoms with van der Waals surface area (Å²) >= 11 is 0.562. The first kappa shape index (κ1) is 19.4. The summed E-state index contributed by atoms with van der Waals surface area (Å²) in [5.41, 5.74) is -0.807. The molecule has 0 radical (unpaired) electrons. The van der Waals surface area contributed by atoms with Crippen LogP contribution in [-0.2, 0) is 18.9 Å². The summed E-state index contributed by atoms with van der Waals surface area (Å²) in [6.07, 6.45) is 0. The third kappa shape index (κ3) is 3.72. The molecule has 0 atom stereocenters. The second kappa shape index (κ2) is 7.35. The number of halogens is 3. The van der Waals surface area contributed by atoms with Crippen LogP contribution in [0.4, 0.5) is 13.2 Å². The van der Waals surface area contributed by atoms with Crippen LogP contribution in [0.1, 0.15) is 25.0 Å². The molecule has 3 rings (SSSR count). The average Bonchev–Trinajstić information content (AvgIpc) is 2.86. The predicted molar refractivity (Wildman–Crippen MR) is 92.0 cm³/mol. The molecule has 27 heavy (non-hydrogen) atoms. The zero-order valence-corrected chi connectivity index (χ0v) is 15.0. The van der Waals surface area contributed by atoms with Crippen molar-refractivity contribution in [2.45, 2.75) is 24.3 Å². The Balaban J connectivity index is 2.11. The lowest BCUT2D eigenvalue weighted by Crippen LogP contribution is -2.29. The van der Waals surface area contributed by atoms with Crippen molar-refractivity contribution >= 4 is 29.2 Å². The van der Waals surface area contributed by atoms with Crippen molar-refractivity contribution in [3.8, 4) is 0 Å². The molecule has 5 nitrogen and oxygen atoms in total. The molecule has 1 aliphatic heterocycles. The quantitative estimate of drug-likeness (QED) is 0.464. The fourth-order valence-corrected chi connectivity index (χ4v) is 3.01. The number of hydrogen-bond acceptors (Lipinski definition) is 6. The Morgan fingerprint density at radius 2 is 1.67 bits per heavy atom. The van der Waals surface area contributed by atoms with E-state index in [2.05, 4.69) is 9.32 Å². The zero-order chi connectivity index (χ0) is 19.8. The number of benzene rings is 2. The molecule has 2 N–H and O–H groups in total. The first-order valence-electron chi connectivity index (χ1n) is 7.68. The Bertz CT molecular complexity index is 946. The van der Waals surface area contributed by atoms with Crippen LogP contribution >= 0.6 is 12.0 Å². The largest absolute Gasteiger partial charge is 0.478 e. The summed E-state index contributed by atoms with van der Waals surface area (Å²) < 4.78 is 51.4. The van der Waals surface area contributed by atoms with Crippen LogP contribution < -0.4 is 5.90 Å². The lowest BCUT2D eigenvalue weighted by Gasteiger charge is -2.18. The number of carbonyl (C=O) groups excluding carboxylic acids is 1. The normalized spacial score (nSPS) is 16.0. The zero-order valence-electron chi connectivity index (χ0n) is 14.2. The molecule has 0 spiro atoms. The van der Waals surface area contributed by atoms with Crippen LogP contribution in [0.15, 0.2) is 41.3 Å². The van der Waals surface area contributed by atoms with Crippen molar-refractivity contribution in [2.24, 2.45) is 5.90 Å². The van der Waals surface area contributed by atoms with Gasteiger partial charge in [0.05, 0.1) is 22.5 Å². The highest BCUT2D eigenvalue weighted by Gasteiger charge is 2.43. The third-order valence-corrected chi connectivity index (χ3v) is 4.58.